The van der Waals surface area contributed by atoms with Crippen LogP contribution in [0.4, 0.5) is 0 Å². The van der Waals surface area contributed by atoms with Crippen LogP contribution in [-0.2, 0) is 13.7 Å². The molecule has 0 saturated carbocycles. The van der Waals surface area contributed by atoms with Crippen LogP contribution in [-0.4, -0.2) is 27.7 Å². The third-order valence-electron chi connectivity index (χ3n) is 2.72. The van der Waals surface area contributed by atoms with Crippen molar-refractivity contribution < 1.29 is 19.4 Å². The molecule has 0 bridgehead atoms. The predicted octanol–water partition coefficient (Wildman–Crippen LogP) is 1.71. The molecule has 0 aliphatic rings. The van der Waals surface area contributed by atoms with Gasteiger partial charge in [-0.3, -0.25) is 0 Å². The number of ether oxygens (including phenoxy) is 2. The number of carboxylic acid groups (broad SMARTS) is 1. The van der Waals surface area contributed by atoms with E-state index in [0.29, 0.717) is 11.4 Å². The van der Waals surface area contributed by atoms with Gasteiger partial charge in [-0.1, -0.05) is 0 Å². The average Bonchev–Trinajstić information content (AvgIpc) is 2.78. The van der Waals surface area contributed by atoms with Crippen LogP contribution in [0.15, 0.2) is 30.5 Å². The second kappa shape index (κ2) is 5.43. The first kappa shape index (κ1) is 12.9. The lowest BCUT2D eigenvalue weighted by Gasteiger charge is -2.07. The summed E-state index contributed by atoms with van der Waals surface area (Å²) in [5.41, 5.74) is 0.688. The lowest BCUT2D eigenvalue weighted by molar-refractivity contribution is 0.0679. The number of aromatic nitrogens is 2. The largest absolute Gasteiger partial charge is 0.497 e. The van der Waals surface area contributed by atoms with Gasteiger partial charge in [0.2, 0.25) is 5.82 Å². The second-order valence-corrected chi connectivity index (χ2v) is 3.90. The highest BCUT2D eigenvalue weighted by Crippen LogP contribution is 2.18. The Balaban J connectivity index is 2.03. The van der Waals surface area contributed by atoms with Gasteiger partial charge in [-0.2, -0.15) is 0 Å². The molecule has 2 aromatic rings. The summed E-state index contributed by atoms with van der Waals surface area (Å²) in [6.45, 7) is 0.253. The van der Waals surface area contributed by atoms with Crippen molar-refractivity contribution >= 4 is 5.97 Å². The fraction of sp³-hybridized carbons (Fsp3) is 0.231. The molecule has 0 amide bonds. The molecule has 0 spiro atoms. The Bertz CT molecular complexity index is 575. The normalized spacial score (nSPS) is 10.2. The summed E-state index contributed by atoms with van der Waals surface area (Å²) in [5, 5.41) is 8.88. The molecule has 0 aliphatic carbocycles. The van der Waals surface area contributed by atoms with Gasteiger partial charge in [0.1, 0.15) is 18.1 Å². The van der Waals surface area contributed by atoms with Crippen LogP contribution in [0, 0.1) is 0 Å². The molecule has 0 aliphatic heterocycles. The van der Waals surface area contributed by atoms with Gasteiger partial charge in [0.05, 0.1) is 19.0 Å². The number of hydrogen-bond donors (Lipinski definition) is 1. The molecular formula is C13H14N2O4. The molecular weight excluding hydrogens is 248 g/mol. The summed E-state index contributed by atoms with van der Waals surface area (Å²) in [4.78, 5) is 14.7. The summed E-state index contributed by atoms with van der Waals surface area (Å²) >= 11 is 0. The van der Waals surface area contributed by atoms with E-state index in [9.17, 15) is 4.79 Å². The summed E-state index contributed by atoms with van der Waals surface area (Å²) in [6, 6.07) is 7.16. The topological polar surface area (TPSA) is 73.6 Å². The molecule has 6 heteroatoms. The van der Waals surface area contributed by atoms with Crippen LogP contribution in [0.1, 0.15) is 16.3 Å². The summed E-state index contributed by atoms with van der Waals surface area (Å²) in [5.74, 6) is 0.367. The van der Waals surface area contributed by atoms with E-state index in [-0.39, 0.29) is 12.4 Å². The monoisotopic (exact) mass is 262 g/mol. The number of benzene rings is 1. The minimum atomic E-state index is -1.06. The summed E-state index contributed by atoms with van der Waals surface area (Å²) < 4.78 is 12.1. The van der Waals surface area contributed by atoms with Crippen molar-refractivity contribution in [2.45, 2.75) is 6.61 Å². The van der Waals surface area contributed by atoms with Gasteiger partial charge < -0.3 is 19.1 Å². The quantitative estimate of drug-likeness (QED) is 0.887. The van der Waals surface area contributed by atoms with E-state index in [1.807, 2.05) is 0 Å². The Morgan fingerprint density at radius 3 is 2.47 bits per heavy atom. The summed E-state index contributed by atoms with van der Waals surface area (Å²) in [6.07, 6.45) is 1.49. The number of carboxylic acids is 1. The number of aromatic carboxylic acids is 1. The SMILES string of the molecule is COc1ccc(OCc2cnc(C(=O)O)n2C)cc1. The molecule has 1 N–H and O–H groups in total. The van der Waals surface area contributed by atoms with Crippen LogP contribution < -0.4 is 9.47 Å². The summed E-state index contributed by atoms with van der Waals surface area (Å²) in [7, 11) is 3.24. The Morgan fingerprint density at radius 2 is 1.95 bits per heavy atom. The molecule has 0 radical (unpaired) electrons. The van der Waals surface area contributed by atoms with Gasteiger partial charge in [-0.05, 0) is 24.3 Å². The third-order valence-corrected chi connectivity index (χ3v) is 2.72. The molecule has 1 aromatic carbocycles. The van der Waals surface area contributed by atoms with Crippen LogP contribution in [0.2, 0.25) is 0 Å². The molecule has 0 saturated heterocycles. The maximum absolute atomic E-state index is 10.8. The minimum Gasteiger partial charge on any atom is -0.497 e. The Hall–Kier alpha value is -2.50. The lowest BCUT2D eigenvalue weighted by Crippen LogP contribution is -2.09. The van der Waals surface area contributed by atoms with E-state index >= 15 is 0 Å². The van der Waals surface area contributed by atoms with E-state index in [4.69, 9.17) is 14.6 Å². The number of methoxy groups -OCH3 is 1. The van der Waals surface area contributed by atoms with Crippen molar-refractivity contribution in [2.75, 3.05) is 7.11 Å². The lowest BCUT2D eigenvalue weighted by atomic mass is 10.3. The van der Waals surface area contributed by atoms with E-state index in [1.54, 1.807) is 38.4 Å². The number of hydrogen-bond acceptors (Lipinski definition) is 4. The average molecular weight is 262 g/mol. The number of carbonyl (C=O) groups is 1. The molecule has 6 nitrogen and oxygen atoms in total. The van der Waals surface area contributed by atoms with E-state index in [2.05, 4.69) is 4.98 Å². The maximum atomic E-state index is 10.8. The van der Waals surface area contributed by atoms with Crippen molar-refractivity contribution in [1.82, 2.24) is 9.55 Å². The van der Waals surface area contributed by atoms with Crippen molar-refractivity contribution in [1.29, 1.82) is 0 Å². The molecule has 1 aromatic heterocycles. The minimum absolute atomic E-state index is 0.00618. The Labute approximate surface area is 110 Å². The molecule has 1 heterocycles. The molecule has 2 rings (SSSR count). The highest BCUT2D eigenvalue weighted by molar-refractivity contribution is 5.83. The standard InChI is InChI=1S/C13H14N2O4/c1-15-9(7-14-12(15)13(16)17)8-19-11-5-3-10(18-2)4-6-11/h3-7H,8H2,1-2H3,(H,16,17). The fourth-order valence-electron chi connectivity index (χ4n) is 1.61. The molecule has 0 atom stereocenters. The molecule has 19 heavy (non-hydrogen) atoms. The highest BCUT2D eigenvalue weighted by Gasteiger charge is 2.13. The first-order valence-corrected chi connectivity index (χ1v) is 5.62. The zero-order chi connectivity index (χ0) is 13.8. The zero-order valence-electron chi connectivity index (χ0n) is 10.7. The number of rotatable bonds is 5. The molecule has 0 fully saturated rings. The Morgan fingerprint density at radius 1 is 1.32 bits per heavy atom. The smallest absolute Gasteiger partial charge is 0.372 e. The van der Waals surface area contributed by atoms with Crippen molar-refractivity contribution in [3.8, 4) is 11.5 Å². The van der Waals surface area contributed by atoms with Gasteiger partial charge in [0, 0.05) is 7.05 Å². The van der Waals surface area contributed by atoms with Crippen LogP contribution >= 0.6 is 0 Å². The van der Waals surface area contributed by atoms with E-state index in [0.717, 1.165) is 5.75 Å². The van der Waals surface area contributed by atoms with Crippen LogP contribution in [0.5, 0.6) is 11.5 Å². The Kier molecular flexibility index (Phi) is 3.70. The van der Waals surface area contributed by atoms with Gasteiger partial charge in [0.15, 0.2) is 0 Å². The van der Waals surface area contributed by atoms with Gasteiger partial charge in [0.25, 0.3) is 0 Å². The number of nitrogens with zero attached hydrogens (tertiary/aromatic N) is 2. The molecule has 0 unspecified atom stereocenters. The van der Waals surface area contributed by atoms with Gasteiger partial charge in [-0.25, -0.2) is 9.78 Å². The fourth-order valence-corrected chi connectivity index (χ4v) is 1.61. The second-order valence-electron chi connectivity index (χ2n) is 3.90. The first-order valence-electron chi connectivity index (χ1n) is 5.62. The van der Waals surface area contributed by atoms with Crippen molar-refractivity contribution in [3.05, 3.63) is 42.0 Å². The third kappa shape index (κ3) is 2.85. The van der Waals surface area contributed by atoms with E-state index < -0.39 is 5.97 Å². The van der Waals surface area contributed by atoms with Gasteiger partial charge >= 0.3 is 5.97 Å². The first-order chi connectivity index (χ1) is 9.11. The highest BCUT2D eigenvalue weighted by atomic mass is 16.5. The molecule has 100 valence electrons. The van der Waals surface area contributed by atoms with Crippen LogP contribution in [0.25, 0.3) is 0 Å². The van der Waals surface area contributed by atoms with E-state index in [1.165, 1.54) is 10.8 Å². The maximum Gasteiger partial charge on any atom is 0.372 e. The zero-order valence-corrected chi connectivity index (χ0v) is 10.7. The number of imidazole rings is 1. The van der Waals surface area contributed by atoms with Crippen molar-refractivity contribution in [2.24, 2.45) is 7.05 Å². The van der Waals surface area contributed by atoms with Gasteiger partial charge in [-0.15, -0.1) is 0 Å². The van der Waals surface area contributed by atoms with Crippen molar-refractivity contribution in [3.63, 3.8) is 0 Å². The predicted molar refractivity (Wildman–Crippen MR) is 67.5 cm³/mol. The van der Waals surface area contributed by atoms with Crippen LogP contribution in [0.3, 0.4) is 0 Å².